The van der Waals surface area contributed by atoms with Crippen molar-refractivity contribution in [3.8, 4) is 0 Å². The number of rotatable bonds is 8. The minimum atomic E-state index is -0.206. The molecule has 0 aliphatic heterocycles. The lowest BCUT2D eigenvalue weighted by molar-refractivity contribution is -0.127. The van der Waals surface area contributed by atoms with Crippen LogP contribution in [-0.4, -0.2) is 50.6 Å². The van der Waals surface area contributed by atoms with Crippen LogP contribution in [0.2, 0.25) is 0 Å². The minimum Gasteiger partial charge on any atom is -0.394 e. The highest BCUT2D eigenvalue weighted by Gasteiger charge is 2.08. The van der Waals surface area contributed by atoms with E-state index in [-0.39, 0.29) is 25.2 Å². The Labute approximate surface area is 84.4 Å². The molecule has 1 amide bonds. The van der Waals surface area contributed by atoms with Gasteiger partial charge >= 0.3 is 0 Å². The summed E-state index contributed by atoms with van der Waals surface area (Å²) in [5, 5.41) is 11.4. The lowest BCUT2D eigenvalue weighted by atomic mass is 10.2. The molecule has 5 nitrogen and oxygen atoms in total. The van der Waals surface area contributed by atoms with Crippen LogP contribution in [0.4, 0.5) is 0 Å². The van der Waals surface area contributed by atoms with Crippen LogP contribution in [0.1, 0.15) is 13.3 Å². The third kappa shape index (κ3) is 6.82. The molecule has 5 heteroatoms. The van der Waals surface area contributed by atoms with Gasteiger partial charge in [0.15, 0.2) is 0 Å². The Morgan fingerprint density at radius 3 is 2.71 bits per heavy atom. The van der Waals surface area contributed by atoms with Gasteiger partial charge in [0, 0.05) is 7.11 Å². The highest BCUT2D eigenvalue weighted by Crippen LogP contribution is 1.88. The molecule has 0 unspecified atom stereocenters. The Balaban J connectivity index is 3.44. The predicted octanol–water partition coefficient (Wildman–Crippen LogP) is -0.463. The van der Waals surface area contributed by atoms with Crippen molar-refractivity contribution in [2.75, 3.05) is 33.5 Å². The van der Waals surface area contributed by atoms with Crippen molar-refractivity contribution in [1.82, 2.24) is 5.32 Å². The highest BCUT2D eigenvalue weighted by atomic mass is 16.5. The number of ether oxygens (including phenoxy) is 2. The van der Waals surface area contributed by atoms with E-state index in [1.165, 1.54) is 0 Å². The molecule has 0 radical (unpaired) electrons. The van der Waals surface area contributed by atoms with E-state index in [2.05, 4.69) is 5.32 Å². The molecule has 0 aromatic heterocycles. The van der Waals surface area contributed by atoms with Gasteiger partial charge in [-0.3, -0.25) is 4.79 Å². The molecule has 0 fully saturated rings. The average molecular weight is 205 g/mol. The van der Waals surface area contributed by atoms with Gasteiger partial charge in [0.25, 0.3) is 0 Å². The lowest BCUT2D eigenvalue weighted by Crippen LogP contribution is -2.39. The monoisotopic (exact) mass is 205 g/mol. The van der Waals surface area contributed by atoms with Crippen molar-refractivity contribution >= 4 is 5.91 Å². The molecular weight excluding hydrogens is 186 g/mol. The van der Waals surface area contributed by atoms with Crippen molar-refractivity contribution in [3.05, 3.63) is 0 Å². The third-order valence-electron chi connectivity index (χ3n) is 1.74. The van der Waals surface area contributed by atoms with Crippen LogP contribution in [0.5, 0.6) is 0 Å². The number of hydrogen-bond acceptors (Lipinski definition) is 4. The third-order valence-corrected chi connectivity index (χ3v) is 1.74. The highest BCUT2D eigenvalue weighted by molar-refractivity contribution is 5.77. The van der Waals surface area contributed by atoms with E-state index in [1.54, 1.807) is 7.11 Å². The Bertz CT molecular complexity index is 148. The lowest BCUT2D eigenvalue weighted by Gasteiger charge is -2.13. The Morgan fingerprint density at radius 2 is 2.21 bits per heavy atom. The first-order valence-corrected chi connectivity index (χ1v) is 4.71. The molecule has 0 saturated carbocycles. The predicted molar refractivity (Wildman–Crippen MR) is 52.0 cm³/mol. The van der Waals surface area contributed by atoms with Crippen molar-refractivity contribution < 1.29 is 19.4 Å². The summed E-state index contributed by atoms with van der Waals surface area (Å²) in [6.45, 7) is 2.75. The summed E-state index contributed by atoms with van der Waals surface area (Å²) in [4.78, 5) is 11.1. The topological polar surface area (TPSA) is 67.8 Å². The second-order valence-electron chi connectivity index (χ2n) is 2.90. The molecule has 2 N–H and O–H groups in total. The Morgan fingerprint density at radius 1 is 1.50 bits per heavy atom. The van der Waals surface area contributed by atoms with Gasteiger partial charge in [0.05, 0.1) is 25.9 Å². The molecule has 0 saturated heterocycles. The molecule has 0 rings (SSSR count). The smallest absolute Gasteiger partial charge is 0.246 e. The molecular formula is C9H19NO4. The second-order valence-corrected chi connectivity index (χ2v) is 2.90. The van der Waals surface area contributed by atoms with E-state index in [1.807, 2.05) is 6.92 Å². The summed E-state index contributed by atoms with van der Waals surface area (Å²) in [6.07, 6.45) is 0.709. The summed E-state index contributed by atoms with van der Waals surface area (Å²) in [5.74, 6) is -0.206. The zero-order chi connectivity index (χ0) is 10.8. The van der Waals surface area contributed by atoms with Crippen molar-refractivity contribution in [3.63, 3.8) is 0 Å². The quantitative estimate of drug-likeness (QED) is 0.526. The zero-order valence-electron chi connectivity index (χ0n) is 8.78. The summed E-state index contributed by atoms with van der Waals surface area (Å²) in [6, 6.07) is -0.173. The molecule has 0 bridgehead atoms. The van der Waals surface area contributed by atoms with E-state index >= 15 is 0 Å². The number of aliphatic hydroxyl groups excluding tert-OH is 1. The van der Waals surface area contributed by atoms with Crippen LogP contribution in [0.3, 0.4) is 0 Å². The molecule has 0 spiro atoms. The maximum Gasteiger partial charge on any atom is 0.246 e. The number of methoxy groups -OCH3 is 1. The Kier molecular flexibility index (Phi) is 8.51. The SMILES string of the molecule is CC[C@@H](CO)NC(=O)COCCOC. The van der Waals surface area contributed by atoms with Gasteiger partial charge < -0.3 is 19.9 Å². The molecule has 0 aliphatic carbocycles. The maximum absolute atomic E-state index is 11.1. The fraction of sp³-hybridized carbons (Fsp3) is 0.889. The van der Waals surface area contributed by atoms with Crippen LogP contribution >= 0.6 is 0 Å². The van der Waals surface area contributed by atoms with E-state index in [0.717, 1.165) is 0 Å². The summed E-state index contributed by atoms with van der Waals surface area (Å²) < 4.78 is 9.76. The van der Waals surface area contributed by atoms with Gasteiger partial charge in [-0.05, 0) is 6.42 Å². The molecule has 0 aliphatic rings. The number of carbonyl (C=O) groups is 1. The fourth-order valence-electron chi connectivity index (χ4n) is 0.853. The van der Waals surface area contributed by atoms with Gasteiger partial charge in [0.2, 0.25) is 5.91 Å². The second kappa shape index (κ2) is 8.93. The first-order chi connectivity index (χ1) is 6.74. The molecule has 1 atom stereocenters. The number of amides is 1. The fourth-order valence-corrected chi connectivity index (χ4v) is 0.853. The first-order valence-electron chi connectivity index (χ1n) is 4.71. The average Bonchev–Trinajstić information content (AvgIpc) is 2.21. The van der Waals surface area contributed by atoms with Gasteiger partial charge in [-0.1, -0.05) is 6.92 Å². The van der Waals surface area contributed by atoms with Crippen LogP contribution in [0, 0.1) is 0 Å². The number of aliphatic hydroxyl groups is 1. The summed E-state index contributed by atoms with van der Waals surface area (Å²) in [5.41, 5.74) is 0. The Hall–Kier alpha value is -0.650. The molecule has 0 aromatic carbocycles. The molecule has 84 valence electrons. The van der Waals surface area contributed by atoms with Gasteiger partial charge in [-0.15, -0.1) is 0 Å². The molecule has 0 aromatic rings. The summed E-state index contributed by atoms with van der Waals surface area (Å²) in [7, 11) is 1.57. The number of hydrogen-bond donors (Lipinski definition) is 2. The van der Waals surface area contributed by atoms with Gasteiger partial charge in [-0.2, -0.15) is 0 Å². The van der Waals surface area contributed by atoms with Crippen molar-refractivity contribution in [1.29, 1.82) is 0 Å². The van der Waals surface area contributed by atoms with Gasteiger partial charge in [-0.25, -0.2) is 0 Å². The van der Waals surface area contributed by atoms with Crippen LogP contribution in [-0.2, 0) is 14.3 Å². The van der Waals surface area contributed by atoms with Gasteiger partial charge in [0.1, 0.15) is 6.61 Å². The van der Waals surface area contributed by atoms with E-state index in [0.29, 0.717) is 19.6 Å². The molecule has 14 heavy (non-hydrogen) atoms. The van der Waals surface area contributed by atoms with E-state index in [4.69, 9.17) is 14.6 Å². The largest absolute Gasteiger partial charge is 0.394 e. The number of carbonyl (C=O) groups excluding carboxylic acids is 1. The number of nitrogens with one attached hydrogen (secondary N) is 1. The van der Waals surface area contributed by atoms with Crippen molar-refractivity contribution in [2.45, 2.75) is 19.4 Å². The first kappa shape index (κ1) is 13.4. The van der Waals surface area contributed by atoms with Crippen molar-refractivity contribution in [2.24, 2.45) is 0 Å². The van der Waals surface area contributed by atoms with E-state index < -0.39 is 0 Å². The minimum absolute atomic E-state index is 0.0137. The van der Waals surface area contributed by atoms with E-state index in [9.17, 15) is 4.79 Å². The zero-order valence-corrected chi connectivity index (χ0v) is 8.78. The van der Waals surface area contributed by atoms with Crippen LogP contribution < -0.4 is 5.32 Å². The summed E-state index contributed by atoms with van der Waals surface area (Å²) >= 11 is 0. The van der Waals surface area contributed by atoms with Crippen LogP contribution in [0.15, 0.2) is 0 Å². The molecule has 0 heterocycles. The maximum atomic E-state index is 11.1. The standard InChI is InChI=1S/C9H19NO4/c1-3-8(6-11)10-9(12)7-14-5-4-13-2/h8,11H,3-7H2,1-2H3,(H,10,12)/t8-/m0/s1. The van der Waals surface area contributed by atoms with Crippen LogP contribution in [0.25, 0.3) is 0 Å². The normalized spacial score (nSPS) is 12.5.